The summed E-state index contributed by atoms with van der Waals surface area (Å²) in [5, 5.41) is 11.8. The Morgan fingerprint density at radius 2 is 0.684 bits per heavy atom. The molecule has 0 saturated carbocycles. The van der Waals surface area contributed by atoms with Crippen LogP contribution in [-0.2, 0) is 33.3 Å². The molecule has 0 aromatic carbocycles. The second-order valence-electron chi connectivity index (χ2n) is 21.6. The molecule has 2 unspecified atom stereocenters. The number of unbranched alkanes of at least 4 members (excludes halogenated alkanes) is 19. The molecule has 2 atom stereocenters. The van der Waals surface area contributed by atoms with Gasteiger partial charge in [0.2, 0.25) is 0 Å². The van der Waals surface area contributed by atoms with Gasteiger partial charge in [0.1, 0.15) is 13.2 Å². The van der Waals surface area contributed by atoms with Crippen molar-refractivity contribution in [2.45, 2.75) is 245 Å². The molecule has 0 N–H and O–H groups in total. The highest BCUT2D eigenvalue weighted by atomic mass is 16.7. The van der Waals surface area contributed by atoms with Crippen LogP contribution in [0.3, 0.4) is 0 Å². The average molecular weight is 1100 g/mol. The van der Waals surface area contributed by atoms with E-state index in [0.717, 1.165) is 109 Å². The van der Waals surface area contributed by atoms with Crippen molar-refractivity contribution in [1.82, 2.24) is 0 Å². The van der Waals surface area contributed by atoms with Gasteiger partial charge in [0.05, 0.1) is 40.3 Å². The molecule has 0 fully saturated rings. The zero-order chi connectivity index (χ0) is 57.6. The molecule has 448 valence electrons. The Kier molecular flexibility index (Phi) is 56.1. The van der Waals surface area contributed by atoms with Crippen LogP contribution in [0.25, 0.3) is 0 Å². The van der Waals surface area contributed by atoms with Crippen LogP contribution in [0.1, 0.15) is 232 Å². The summed E-state index contributed by atoms with van der Waals surface area (Å²) < 4.78 is 22.7. The van der Waals surface area contributed by atoms with E-state index in [1.165, 1.54) is 83.5 Å². The molecule has 79 heavy (non-hydrogen) atoms. The Morgan fingerprint density at radius 1 is 0.380 bits per heavy atom. The van der Waals surface area contributed by atoms with Gasteiger partial charge in [-0.25, -0.2) is 0 Å². The number of hydrogen-bond acceptors (Lipinski definition) is 8. The van der Waals surface area contributed by atoms with Crippen molar-refractivity contribution in [3.63, 3.8) is 0 Å². The fourth-order valence-electron chi connectivity index (χ4n) is 8.15. The van der Waals surface area contributed by atoms with Crippen molar-refractivity contribution in [2.24, 2.45) is 0 Å². The molecule has 9 nitrogen and oxygen atoms in total. The molecule has 0 aliphatic rings. The molecule has 0 amide bonds. The second kappa shape index (κ2) is 59.5. The summed E-state index contributed by atoms with van der Waals surface area (Å²) >= 11 is 0. The lowest BCUT2D eigenvalue weighted by Gasteiger charge is -2.26. The maximum atomic E-state index is 12.9. The quantitative estimate of drug-likeness (QED) is 0.0195. The Hall–Kier alpha value is -4.57. The number of aliphatic carboxylic acids is 1. The van der Waals surface area contributed by atoms with Crippen LogP contribution >= 0.6 is 0 Å². The van der Waals surface area contributed by atoms with Crippen molar-refractivity contribution in [3.05, 3.63) is 134 Å². The van der Waals surface area contributed by atoms with Gasteiger partial charge in [-0.1, -0.05) is 244 Å². The van der Waals surface area contributed by atoms with Crippen LogP contribution in [-0.4, -0.2) is 82.3 Å². The summed E-state index contributed by atoms with van der Waals surface area (Å²) in [6.07, 6.45) is 82.3. The van der Waals surface area contributed by atoms with Gasteiger partial charge in [-0.2, -0.15) is 0 Å². The van der Waals surface area contributed by atoms with Gasteiger partial charge < -0.3 is 33.3 Å². The Bertz CT molecular complexity index is 1750. The normalized spacial score (nSPS) is 13.7. The van der Waals surface area contributed by atoms with Crippen molar-refractivity contribution in [1.29, 1.82) is 0 Å². The number of carbonyl (C=O) groups is 3. The van der Waals surface area contributed by atoms with Gasteiger partial charge in [-0.05, 0) is 109 Å². The van der Waals surface area contributed by atoms with Crippen molar-refractivity contribution < 1.29 is 42.9 Å². The number of hydrogen-bond donors (Lipinski definition) is 0. The molecule has 0 radical (unpaired) electrons. The molecule has 0 aromatic rings. The van der Waals surface area contributed by atoms with Gasteiger partial charge in [0.15, 0.2) is 12.4 Å². The lowest BCUT2D eigenvalue weighted by atomic mass is 10.0. The molecular formula is C70H115NO8. The van der Waals surface area contributed by atoms with Crippen molar-refractivity contribution >= 4 is 17.9 Å². The topological polar surface area (TPSA) is 111 Å². The van der Waals surface area contributed by atoms with Crippen LogP contribution in [0, 0.1) is 0 Å². The number of ether oxygens (including phenoxy) is 4. The Balaban J connectivity index is 4.18. The number of carboxylic acid groups (broad SMARTS) is 1. The average Bonchev–Trinajstić information content (AvgIpc) is 3.42. The van der Waals surface area contributed by atoms with Gasteiger partial charge >= 0.3 is 11.9 Å². The van der Waals surface area contributed by atoms with E-state index in [0.29, 0.717) is 23.9 Å². The standard InChI is InChI=1S/C70H115NO8/c1-6-8-10-12-14-16-18-20-22-24-26-27-28-29-30-31-32-33-34-35-36-37-38-39-40-41-43-45-47-49-51-53-55-57-59-61-68(73)79-66(65-78-70(69(74)75)76-63-62-71(3,4)5)64-77-67(72)60-58-56-54-52-50-48-46-44-42-25-23-21-19-17-15-13-11-9-7-2/h8-11,14-17,20-23,26-27,29-30,32-33,42,44,48,50,66,70H,6-7,12-13,18-19,24-25,28,31,34-41,43,45-47,49,51-65H2,1-5H3/b10-8-,11-9-,16-14-,17-15-,22-20-,23-21-,27-26-,30-29-,33-32-,44-42-,50-48-. The van der Waals surface area contributed by atoms with Gasteiger partial charge in [-0.3, -0.25) is 9.59 Å². The van der Waals surface area contributed by atoms with Gasteiger partial charge in [0, 0.05) is 12.8 Å². The summed E-state index contributed by atoms with van der Waals surface area (Å²) in [4.78, 5) is 37.3. The number of allylic oxidation sites excluding steroid dienone is 22. The summed E-state index contributed by atoms with van der Waals surface area (Å²) in [6.45, 7) is 4.47. The summed E-state index contributed by atoms with van der Waals surface area (Å²) in [7, 11) is 5.91. The minimum absolute atomic E-state index is 0.136. The molecule has 9 heteroatoms. The first-order valence-corrected chi connectivity index (χ1v) is 31.3. The number of nitrogens with zero attached hydrogens (tertiary/aromatic N) is 1. The number of quaternary nitrogens is 1. The van der Waals surface area contributed by atoms with E-state index in [9.17, 15) is 19.5 Å². The fourth-order valence-corrected chi connectivity index (χ4v) is 8.15. The van der Waals surface area contributed by atoms with E-state index in [2.05, 4.69) is 148 Å². The zero-order valence-corrected chi connectivity index (χ0v) is 50.9. The number of likely N-dealkylation sites (N-methyl/N-ethyl adjacent to an activating group) is 1. The third kappa shape index (κ3) is 60.9. The summed E-state index contributed by atoms with van der Waals surface area (Å²) in [5.74, 6) is -2.34. The second-order valence-corrected chi connectivity index (χ2v) is 21.6. The first-order chi connectivity index (χ1) is 38.6. The van der Waals surface area contributed by atoms with Gasteiger partial charge in [0.25, 0.3) is 0 Å². The van der Waals surface area contributed by atoms with E-state index in [-0.39, 0.29) is 32.7 Å². The third-order valence-electron chi connectivity index (χ3n) is 12.9. The maximum Gasteiger partial charge on any atom is 0.306 e. The summed E-state index contributed by atoms with van der Waals surface area (Å²) in [5.41, 5.74) is 0. The predicted molar refractivity (Wildman–Crippen MR) is 333 cm³/mol. The van der Waals surface area contributed by atoms with Crippen LogP contribution < -0.4 is 5.11 Å². The van der Waals surface area contributed by atoms with Crippen LogP contribution in [0.5, 0.6) is 0 Å². The lowest BCUT2D eigenvalue weighted by molar-refractivity contribution is -0.870. The molecule has 0 heterocycles. The third-order valence-corrected chi connectivity index (χ3v) is 12.9. The molecule has 0 aliphatic carbocycles. The SMILES string of the molecule is CC/C=C\C/C=C\C/C=C\C/C=C\C/C=C\C/C=C\CCCCCCCCCCCCCCCCCCC(=O)OC(COC(=O)CCCCC/C=C\C/C=C\C/C=C\C/C=C\C/C=C\CC)COC(OCC[N+](C)(C)C)C(=O)[O-]. The number of esters is 2. The minimum Gasteiger partial charge on any atom is -0.545 e. The first-order valence-electron chi connectivity index (χ1n) is 31.3. The van der Waals surface area contributed by atoms with Crippen LogP contribution in [0.2, 0.25) is 0 Å². The molecule has 0 bridgehead atoms. The molecule has 0 aliphatic heterocycles. The van der Waals surface area contributed by atoms with E-state index in [1.807, 2.05) is 21.1 Å². The van der Waals surface area contributed by atoms with E-state index in [4.69, 9.17) is 18.9 Å². The number of rotatable bonds is 56. The lowest BCUT2D eigenvalue weighted by Crippen LogP contribution is -2.44. The van der Waals surface area contributed by atoms with Gasteiger partial charge in [-0.15, -0.1) is 0 Å². The van der Waals surface area contributed by atoms with Crippen molar-refractivity contribution in [2.75, 3.05) is 47.5 Å². The van der Waals surface area contributed by atoms with Crippen LogP contribution in [0.4, 0.5) is 0 Å². The monoisotopic (exact) mass is 1100 g/mol. The molecule has 0 spiro atoms. The predicted octanol–water partition coefficient (Wildman–Crippen LogP) is 17.7. The zero-order valence-electron chi connectivity index (χ0n) is 50.9. The Morgan fingerprint density at radius 3 is 1.03 bits per heavy atom. The number of carbonyl (C=O) groups excluding carboxylic acids is 3. The highest BCUT2D eigenvalue weighted by molar-refractivity contribution is 5.70. The van der Waals surface area contributed by atoms with Crippen molar-refractivity contribution in [3.8, 4) is 0 Å². The highest BCUT2D eigenvalue weighted by Gasteiger charge is 2.22. The minimum atomic E-state index is -1.64. The first kappa shape index (κ1) is 74.4. The van der Waals surface area contributed by atoms with E-state index in [1.54, 1.807) is 0 Å². The molecular weight excluding hydrogens is 983 g/mol. The van der Waals surface area contributed by atoms with Crippen LogP contribution in [0.15, 0.2) is 134 Å². The largest absolute Gasteiger partial charge is 0.545 e. The summed E-state index contributed by atoms with van der Waals surface area (Å²) in [6, 6.07) is 0. The molecule has 0 saturated heterocycles. The highest BCUT2D eigenvalue weighted by Crippen LogP contribution is 2.16. The van der Waals surface area contributed by atoms with E-state index >= 15 is 0 Å². The fraction of sp³-hybridized carbons (Fsp3) is 0.643. The molecule has 0 aromatic heterocycles. The Labute approximate surface area is 484 Å². The number of carboxylic acids is 1. The maximum absolute atomic E-state index is 12.9. The molecule has 0 rings (SSSR count). The smallest absolute Gasteiger partial charge is 0.306 e. The van der Waals surface area contributed by atoms with E-state index < -0.39 is 30.3 Å².